The van der Waals surface area contributed by atoms with E-state index < -0.39 is 0 Å². The maximum absolute atomic E-state index is 11.5. The minimum atomic E-state index is 0.000266. The smallest absolute Gasteiger partial charge is 0.237 e. The Morgan fingerprint density at radius 1 is 1.52 bits per heavy atom. The van der Waals surface area contributed by atoms with Crippen molar-refractivity contribution in [2.24, 2.45) is 0 Å². The molecule has 2 aromatic heterocycles. The Hall–Kier alpha value is -2.15. The molecule has 0 spiro atoms. The largest absolute Gasteiger partial charge is 0.480 e. The molecular formula is C14H18N4O2S. The number of pyridine rings is 1. The van der Waals surface area contributed by atoms with Gasteiger partial charge in [0.15, 0.2) is 5.13 Å². The van der Waals surface area contributed by atoms with Gasteiger partial charge in [-0.15, -0.1) is 11.3 Å². The van der Waals surface area contributed by atoms with Crippen molar-refractivity contribution in [2.45, 2.75) is 20.4 Å². The third-order valence-corrected chi connectivity index (χ3v) is 3.80. The van der Waals surface area contributed by atoms with Gasteiger partial charge in [-0.1, -0.05) is 0 Å². The molecule has 0 bridgehead atoms. The molecule has 21 heavy (non-hydrogen) atoms. The van der Waals surface area contributed by atoms with Gasteiger partial charge >= 0.3 is 0 Å². The zero-order valence-corrected chi connectivity index (χ0v) is 13.1. The van der Waals surface area contributed by atoms with E-state index in [2.05, 4.69) is 15.3 Å². The van der Waals surface area contributed by atoms with Gasteiger partial charge in [-0.25, -0.2) is 9.97 Å². The summed E-state index contributed by atoms with van der Waals surface area (Å²) in [7, 11) is 1.58. The molecule has 1 N–H and O–H groups in total. The van der Waals surface area contributed by atoms with Gasteiger partial charge in [0.1, 0.15) is 0 Å². The van der Waals surface area contributed by atoms with Crippen LogP contribution in [0.25, 0.3) is 0 Å². The first kappa shape index (κ1) is 15.2. The van der Waals surface area contributed by atoms with Crippen LogP contribution in [0, 0.1) is 0 Å². The summed E-state index contributed by atoms with van der Waals surface area (Å²) in [5, 5.41) is 5.90. The first-order valence-corrected chi connectivity index (χ1v) is 7.49. The van der Waals surface area contributed by atoms with E-state index in [1.165, 1.54) is 11.3 Å². The number of rotatable bonds is 6. The molecular weight excluding hydrogens is 288 g/mol. The molecule has 0 saturated heterocycles. The highest BCUT2D eigenvalue weighted by molar-refractivity contribution is 7.14. The van der Waals surface area contributed by atoms with E-state index >= 15 is 0 Å². The molecule has 6 nitrogen and oxygen atoms in total. The topological polar surface area (TPSA) is 67.4 Å². The molecule has 0 atom stereocenters. The van der Waals surface area contributed by atoms with Gasteiger partial charge in [0.2, 0.25) is 11.8 Å². The number of nitrogens with zero attached hydrogens (tertiary/aromatic N) is 3. The Labute approximate surface area is 127 Å². The quantitative estimate of drug-likeness (QED) is 0.888. The van der Waals surface area contributed by atoms with Crippen molar-refractivity contribution in [3.05, 3.63) is 29.4 Å². The van der Waals surface area contributed by atoms with Crippen LogP contribution >= 0.6 is 11.3 Å². The number of methoxy groups -OCH3 is 1. The Kier molecular flexibility index (Phi) is 5.10. The lowest BCUT2D eigenvalue weighted by Gasteiger charge is -2.14. The lowest BCUT2D eigenvalue weighted by atomic mass is 10.4. The minimum Gasteiger partial charge on any atom is -0.480 e. The van der Waals surface area contributed by atoms with Crippen LogP contribution < -0.4 is 15.0 Å². The summed E-state index contributed by atoms with van der Waals surface area (Å²) in [5.74, 6) is 0.548. The fourth-order valence-corrected chi connectivity index (χ4v) is 2.80. The highest BCUT2D eigenvalue weighted by Crippen LogP contribution is 2.23. The Balaban J connectivity index is 2.04. The number of amides is 1. The number of carbonyl (C=O) groups is 1. The molecule has 0 aliphatic carbocycles. The normalized spacial score (nSPS) is 10.2. The number of anilines is 2. The Morgan fingerprint density at radius 2 is 2.33 bits per heavy atom. The standard InChI is InChI=1S/C14H18N4O2S/c1-4-18(10(2)19)14-17-11(9-21-14)8-16-12-6-5-7-15-13(12)20-3/h5-7,9,16H,4,8H2,1-3H3. The predicted molar refractivity (Wildman–Crippen MR) is 83.9 cm³/mol. The third-order valence-electron chi connectivity index (χ3n) is 2.89. The fourth-order valence-electron chi connectivity index (χ4n) is 1.87. The van der Waals surface area contributed by atoms with E-state index in [1.807, 2.05) is 24.4 Å². The second-order valence-corrected chi connectivity index (χ2v) is 5.14. The molecule has 112 valence electrons. The number of hydrogen-bond acceptors (Lipinski definition) is 6. The predicted octanol–water partition coefficient (Wildman–Crippen LogP) is 2.53. The molecule has 0 fully saturated rings. The third kappa shape index (κ3) is 3.69. The summed E-state index contributed by atoms with van der Waals surface area (Å²) in [6.07, 6.45) is 1.68. The van der Waals surface area contributed by atoms with E-state index in [-0.39, 0.29) is 5.91 Å². The van der Waals surface area contributed by atoms with Crippen molar-refractivity contribution in [3.63, 3.8) is 0 Å². The lowest BCUT2D eigenvalue weighted by molar-refractivity contribution is -0.116. The highest BCUT2D eigenvalue weighted by atomic mass is 32.1. The molecule has 2 rings (SSSR count). The van der Waals surface area contributed by atoms with E-state index in [0.717, 1.165) is 16.5 Å². The average molecular weight is 306 g/mol. The number of nitrogens with one attached hydrogen (secondary N) is 1. The fraction of sp³-hybridized carbons (Fsp3) is 0.357. The SMILES string of the molecule is CCN(C(C)=O)c1nc(CNc2cccnc2OC)cs1. The summed E-state index contributed by atoms with van der Waals surface area (Å²) in [6.45, 7) is 4.64. The lowest BCUT2D eigenvalue weighted by Crippen LogP contribution is -2.27. The number of hydrogen-bond donors (Lipinski definition) is 1. The van der Waals surface area contributed by atoms with Crippen LogP contribution in [0.1, 0.15) is 19.5 Å². The molecule has 0 aliphatic rings. The first-order valence-electron chi connectivity index (χ1n) is 6.61. The van der Waals surface area contributed by atoms with Gasteiger partial charge in [0.05, 0.1) is 25.0 Å². The average Bonchev–Trinajstić information content (AvgIpc) is 2.94. The van der Waals surface area contributed by atoms with E-state index in [4.69, 9.17) is 4.74 Å². The van der Waals surface area contributed by atoms with Crippen LogP contribution in [-0.2, 0) is 11.3 Å². The Bertz CT molecular complexity index is 615. The van der Waals surface area contributed by atoms with Crippen molar-refractivity contribution >= 4 is 28.1 Å². The zero-order chi connectivity index (χ0) is 15.2. The van der Waals surface area contributed by atoms with Gasteiger partial charge in [0.25, 0.3) is 0 Å². The van der Waals surface area contributed by atoms with Crippen LogP contribution in [0.2, 0.25) is 0 Å². The number of carbonyl (C=O) groups excluding carboxylic acids is 1. The summed E-state index contributed by atoms with van der Waals surface area (Å²) in [4.78, 5) is 21.7. The van der Waals surface area contributed by atoms with Crippen molar-refractivity contribution < 1.29 is 9.53 Å². The number of ether oxygens (including phenoxy) is 1. The zero-order valence-electron chi connectivity index (χ0n) is 12.3. The van der Waals surface area contributed by atoms with Crippen LogP contribution in [0.4, 0.5) is 10.8 Å². The summed E-state index contributed by atoms with van der Waals surface area (Å²) >= 11 is 1.46. The van der Waals surface area contributed by atoms with Gasteiger partial charge in [-0.3, -0.25) is 9.69 Å². The maximum atomic E-state index is 11.5. The van der Waals surface area contributed by atoms with E-state index in [9.17, 15) is 4.79 Å². The summed E-state index contributed by atoms with van der Waals surface area (Å²) in [6, 6.07) is 3.74. The molecule has 1 amide bonds. The van der Waals surface area contributed by atoms with Crippen LogP contribution in [0.15, 0.2) is 23.7 Å². The molecule has 0 unspecified atom stereocenters. The monoisotopic (exact) mass is 306 g/mol. The van der Waals surface area contributed by atoms with Crippen molar-refractivity contribution in [1.29, 1.82) is 0 Å². The molecule has 0 saturated carbocycles. The van der Waals surface area contributed by atoms with E-state index in [0.29, 0.717) is 19.0 Å². The summed E-state index contributed by atoms with van der Waals surface area (Å²) < 4.78 is 5.18. The molecule has 2 heterocycles. The molecule has 0 radical (unpaired) electrons. The second kappa shape index (κ2) is 7.03. The second-order valence-electron chi connectivity index (χ2n) is 4.30. The van der Waals surface area contributed by atoms with Crippen molar-refractivity contribution in [1.82, 2.24) is 9.97 Å². The number of aromatic nitrogens is 2. The molecule has 7 heteroatoms. The highest BCUT2D eigenvalue weighted by Gasteiger charge is 2.13. The maximum Gasteiger partial charge on any atom is 0.237 e. The Morgan fingerprint density at radius 3 is 3.00 bits per heavy atom. The number of thiazole rings is 1. The minimum absolute atomic E-state index is 0.000266. The molecule has 0 aromatic carbocycles. The van der Waals surface area contributed by atoms with Crippen molar-refractivity contribution in [2.75, 3.05) is 23.9 Å². The van der Waals surface area contributed by atoms with Gasteiger partial charge in [0, 0.05) is 25.0 Å². The molecule has 0 aliphatic heterocycles. The summed E-state index contributed by atoms with van der Waals surface area (Å²) in [5.41, 5.74) is 1.69. The van der Waals surface area contributed by atoms with Crippen molar-refractivity contribution in [3.8, 4) is 5.88 Å². The van der Waals surface area contributed by atoms with Gasteiger partial charge in [-0.2, -0.15) is 0 Å². The van der Waals surface area contributed by atoms with Gasteiger partial charge < -0.3 is 10.1 Å². The van der Waals surface area contributed by atoms with Crippen LogP contribution in [0.5, 0.6) is 5.88 Å². The van der Waals surface area contributed by atoms with Gasteiger partial charge in [-0.05, 0) is 19.1 Å². The van der Waals surface area contributed by atoms with Crippen LogP contribution in [-0.4, -0.2) is 29.5 Å². The molecule has 2 aromatic rings. The van der Waals surface area contributed by atoms with Crippen LogP contribution in [0.3, 0.4) is 0 Å². The first-order chi connectivity index (χ1) is 10.2. The van der Waals surface area contributed by atoms with E-state index in [1.54, 1.807) is 25.1 Å².